The van der Waals surface area contributed by atoms with Gasteiger partial charge in [-0.15, -0.1) is 0 Å². The molecule has 4 heterocycles. The molecule has 0 spiro atoms. The number of aliphatic hydroxyl groups is 14. The summed E-state index contributed by atoms with van der Waals surface area (Å²) in [6.45, 7) is -3.81. The first-order valence-corrected chi connectivity index (χ1v) is 20.5. The van der Waals surface area contributed by atoms with Crippen molar-refractivity contribution in [1.29, 1.82) is 0 Å². The van der Waals surface area contributed by atoms with Gasteiger partial charge in [0.15, 0.2) is 12.6 Å². The molecule has 0 saturated carbocycles. The van der Waals surface area contributed by atoms with Crippen molar-refractivity contribution in [2.24, 2.45) is 0 Å². The number of aliphatic hydroxyl groups excluding tert-OH is 14. The molecule has 0 unspecified atom stereocenters. The Bertz CT molecular complexity index is 1700. The molecule has 386 valence electrons. The lowest BCUT2D eigenvalue weighted by atomic mass is 9.88. The van der Waals surface area contributed by atoms with Crippen molar-refractivity contribution in [3.63, 3.8) is 0 Å². The Hall–Kier alpha value is -3.49. The van der Waals surface area contributed by atoms with Crippen LogP contribution in [0.15, 0.2) is 0 Å². The Labute approximate surface area is 377 Å². The number of carboxylic acid groups (broad SMARTS) is 2. The molecule has 4 rings (SSSR count). The van der Waals surface area contributed by atoms with Crippen LogP contribution in [0.4, 0.5) is 0 Å². The number of hydrogen-bond acceptors (Lipinski definition) is 26. The smallest absolute Gasteiger partial charge is 0.364 e. The average Bonchev–Trinajstić information content (AvgIpc) is 3.27. The summed E-state index contributed by atoms with van der Waals surface area (Å²) < 4.78 is 39.0. The highest BCUT2D eigenvalue weighted by atomic mass is 16.8. The van der Waals surface area contributed by atoms with Crippen LogP contribution in [-0.4, -0.2) is 278 Å². The van der Waals surface area contributed by atoms with Gasteiger partial charge in [0.05, 0.1) is 50.7 Å². The van der Waals surface area contributed by atoms with Crippen molar-refractivity contribution >= 4 is 29.7 Å². The van der Waals surface area contributed by atoms with Crippen molar-refractivity contribution < 1.29 is 139 Å². The van der Waals surface area contributed by atoms with Gasteiger partial charge in [-0.25, -0.2) is 9.59 Å². The third kappa shape index (κ3) is 12.5. The van der Waals surface area contributed by atoms with E-state index in [4.69, 9.17) is 33.2 Å². The van der Waals surface area contributed by atoms with E-state index in [1.807, 2.05) is 0 Å². The molecule has 31 heteroatoms. The zero-order valence-corrected chi connectivity index (χ0v) is 35.6. The molecule has 4 saturated heterocycles. The fraction of sp³-hybridized carbons (Fsp3) is 0.861. The van der Waals surface area contributed by atoms with E-state index in [2.05, 4.69) is 16.0 Å². The number of nitrogens with one attached hydrogen (secondary N) is 3. The van der Waals surface area contributed by atoms with Crippen molar-refractivity contribution in [2.45, 2.75) is 161 Å². The molecule has 0 aromatic heterocycles. The van der Waals surface area contributed by atoms with Gasteiger partial charge in [-0.3, -0.25) is 14.4 Å². The van der Waals surface area contributed by atoms with Gasteiger partial charge in [-0.2, -0.15) is 0 Å². The first-order valence-electron chi connectivity index (χ1n) is 20.5. The Morgan fingerprint density at radius 2 is 1.12 bits per heavy atom. The second-order valence-electron chi connectivity index (χ2n) is 16.3. The second-order valence-corrected chi connectivity index (χ2v) is 16.3. The van der Waals surface area contributed by atoms with Crippen LogP contribution in [0.25, 0.3) is 0 Å². The maximum Gasteiger partial charge on any atom is 0.364 e. The highest BCUT2D eigenvalue weighted by Gasteiger charge is 2.61. The predicted molar refractivity (Wildman–Crippen MR) is 204 cm³/mol. The Morgan fingerprint density at radius 3 is 1.60 bits per heavy atom. The van der Waals surface area contributed by atoms with E-state index in [1.165, 1.54) is 0 Å². The SMILES string of the molecule is CC(=O)N[C@@H]1[C@@H](O[C@@H]2O[C@H](CO)[C@H](O)[C@H](O[C@]3(C(=O)O)C[C@H](O)[C@@H](NC(C)=O)[C@H]([C@H](O)[C@H](O)CO)O3)[C@H]2O)[C@@H](O)[C@@H](CO[C@]2(C(=O)O)C[C@H](O)[C@@H](NC(=O)CO)[C@H]([C@H](O)[C@H](O)CO)O2)O[C@@H]1O. The van der Waals surface area contributed by atoms with Gasteiger partial charge in [0.25, 0.3) is 11.6 Å². The van der Waals surface area contributed by atoms with Crippen molar-refractivity contribution in [1.82, 2.24) is 16.0 Å². The fourth-order valence-electron chi connectivity index (χ4n) is 8.04. The summed E-state index contributed by atoms with van der Waals surface area (Å²) >= 11 is 0. The molecule has 4 aliphatic heterocycles. The van der Waals surface area contributed by atoms with E-state index >= 15 is 0 Å². The summed E-state index contributed by atoms with van der Waals surface area (Å²) in [4.78, 5) is 61.9. The molecule has 4 fully saturated rings. The largest absolute Gasteiger partial charge is 0.477 e. The van der Waals surface area contributed by atoms with Crippen LogP contribution in [0.3, 0.4) is 0 Å². The first-order chi connectivity index (χ1) is 31.3. The molecule has 22 atom stereocenters. The predicted octanol–water partition coefficient (Wildman–Crippen LogP) is -11.9. The molecule has 0 bridgehead atoms. The van der Waals surface area contributed by atoms with Gasteiger partial charge in [0, 0.05) is 26.7 Å². The standard InChI is InChI=1S/C36H59N3O28/c1-10(44)37-19-13(47)4-36(34(59)60,66-28(19)22(51)14(48)5-40)67-30-24(53)16(7-42)63-32(26(30)55)64-27-21(38-11(2)45)31(56)62-17(25(27)54)9-61-35(33(57)58)3-12(46)20(39-18(50)8-43)29(65-35)23(52)15(49)6-41/h12-17,19-32,40-43,46-49,51-56H,3-9H2,1-2H3,(H,37,44)(H,38,45)(H,39,50)(H,57,58)(H,59,60)/t12-,13-,14+,15+,16+,17+,19+,20+,21+,22+,23+,24-,25-,26+,27+,28+,29+,30-,31-,32-,35+,36-/m0/s1. The van der Waals surface area contributed by atoms with E-state index < -0.39 is 209 Å². The normalized spacial score (nSPS) is 41.0. The highest BCUT2D eigenvalue weighted by Crippen LogP contribution is 2.39. The molecule has 0 aromatic rings. The lowest BCUT2D eigenvalue weighted by molar-refractivity contribution is -0.382. The van der Waals surface area contributed by atoms with E-state index in [1.54, 1.807) is 0 Å². The first kappa shape index (κ1) is 56.1. The summed E-state index contributed by atoms with van der Waals surface area (Å²) in [6.07, 6.45) is -38.7. The van der Waals surface area contributed by atoms with Gasteiger partial charge in [-0.1, -0.05) is 0 Å². The fourth-order valence-corrected chi connectivity index (χ4v) is 8.04. The molecule has 67 heavy (non-hydrogen) atoms. The monoisotopic (exact) mass is 981 g/mol. The average molecular weight is 982 g/mol. The molecule has 3 amide bonds. The maximum absolute atomic E-state index is 12.9. The van der Waals surface area contributed by atoms with Crippen LogP contribution in [0.2, 0.25) is 0 Å². The van der Waals surface area contributed by atoms with Crippen LogP contribution in [0.5, 0.6) is 0 Å². The van der Waals surface area contributed by atoms with E-state index in [0.29, 0.717) is 0 Å². The van der Waals surface area contributed by atoms with Gasteiger partial charge in [0.2, 0.25) is 17.7 Å². The van der Waals surface area contributed by atoms with Crippen molar-refractivity contribution in [3.8, 4) is 0 Å². The highest BCUT2D eigenvalue weighted by molar-refractivity contribution is 5.78. The number of rotatable bonds is 20. The quantitative estimate of drug-likeness (QED) is 0.0538. The number of amides is 3. The van der Waals surface area contributed by atoms with Crippen LogP contribution >= 0.6 is 0 Å². The van der Waals surface area contributed by atoms with E-state index in [-0.39, 0.29) is 0 Å². The molecule has 31 nitrogen and oxygen atoms in total. The molecule has 0 radical (unpaired) electrons. The van der Waals surface area contributed by atoms with E-state index in [9.17, 15) is 106 Å². The Morgan fingerprint density at radius 1 is 0.642 bits per heavy atom. The van der Waals surface area contributed by atoms with Gasteiger partial charge >= 0.3 is 11.9 Å². The zero-order valence-electron chi connectivity index (χ0n) is 35.6. The van der Waals surface area contributed by atoms with Crippen molar-refractivity contribution in [3.05, 3.63) is 0 Å². The Kier molecular flexibility index (Phi) is 19.6. The third-order valence-corrected chi connectivity index (χ3v) is 11.5. The number of carbonyl (C=O) groups excluding carboxylic acids is 3. The summed E-state index contributed by atoms with van der Waals surface area (Å²) in [7, 11) is 0. The minimum absolute atomic E-state index is 0.828. The molecule has 19 N–H and O–H groups in total. The summed E-state index contributed by atoms with van der Waals surface area (Å²) in [6, 6.07) is -5.25. The summed E-state index contributed by atoms with van der Waals surface area (Å²) in [5, 5.41) is 175. The number of carbonyl (C=O) groups is 5. The van der Waals surface area contributed by atoms with Crippen LogP contribution in [0, 0.1) is 0 Å². The molecule has 4 aliphatic rings. The molecule has 0 aliphatic carbocycles. The number of aliphatic carboxylic acids is 2. The summed E-state index contributed by atoms with van der Waals surface area (Å²) in [5.41, 5.74) is 0. The number of hydrogen-bond donors (Lipinski definition) is 19. The molecule has 0 aromatic carbocycles. The lowest BCUT2D eigenvalue weighted by Crippen LogP contribution is -2.71. The topological polar surface area (TPSA) is 510 Å². The second kappa shape index (κ2) is 23.4. The van der Waals surface area contributed by atoms with Gasteiger partial charge in [0.1, 0.15) is 92.0 Å². The van der Waals surface area contributed by atoms with E-state index in [0.717, 1.165) is 13.8 Å². The minimum Gasteiger partial charge on any atom is -0.477 e. The summed E-state index contributed by atoms with van der Waals surface area (Å²) in [5.74, 6) is -13.2. The lowest BCUT2D eigenvalue weighted by Gasteiger charge is -2.51. The van der Waals surface area contributed by atoms with Crippen LogP contribution in [0.1, 0.15) is 26.7 Å². The van der Waals surface area contributed by atoms with Crippen LogP contribution in [-0.2, 0) is 57.1 Å². The molecular weight excluding hydrogens is 922 g/mol. The van der Waals surface area contributed by atoms with Gasteiger partial charge < -0.3 is 131 Å². The Balaban J connectivity index is 1.66. The molecular formula is C36H59N3O28. The number of ether oxygens (including phenoxy) is 7. The minimum atomic E-state index is -3.20. The zero-order chi connectivity index (χ0) is 50.5. The number of carboxylic acids is 2. The van der Waals surface area contributed by atoms with Crippen LogP contribution < -0.4 is 16.0 Å². The van der Waals surface area contributed by atoms with Crippen molar-refractivity contribution in [2.75, 3.05) is 33.0 Å². The van der Waals surface area contributed by atoms with Gasteiger partial charge in [-0.05, 0) is 0 Å². The maximum atomic E-state index is 12.9. The third-order valence-electron chi connectivity index (χ3n) is 11.5.